The van der Waals surface area contributed by atoms with E-state index >= 15 is 0 Å². The summed E-state index contributed by atoms with van der Waals surface area (Å²) < 4.78 is 49.2. The summed E-state index contributed by atoms with van der Waals surface area (Å²) in [4.78, 5) is 12.2. The molecule has 0 spiro atoms. The number of halogens is 3. The quantitative estimate of drug-likeness (QED) is 0.488. The first-order valence-electron chi connectivity index (χ1n) is 10.2. The molecule has 0 aliphatic rings. The summed E-state index contributed by atoms with van der Waals surface area (Å²) in [5.41, 5.74) is 1.15. The summed E-state index contributed by atoms with van der Waals surface area (Å²) in [5.74, 6) is 0.455. The Bertz CT molecular complexity index is 1050. The summed E-state index contributed by atoms with van der Waals surface area (Å²) in [6.07, 6.45) is -5.58. The number of hydrogen-bond donors (Lipinski definition) is 2. The van der Waals surface area contributed by atoms with Gasteiger partial charge in [-0.25, -0.2) is 0 Å². The molecule has 5 nitrogen and oxygen atoms in total. The number of methoxy groups -OCH3 is 1. The lowest BCUT2D eigenvalue weighted by Crippen LogP contribution is -2.31. The number of hydrogen-bond acceptors (Lipinski definition) is 4. The van der Waals surface area contributed by atoms with Crippen molar-refractivity contribution < 1.29 is 32.5 Å². The minimum Gasteiger partial charge on any atom is -0.493 e. The Labute approximate surface area is 189 Å². The standard InChI is InChI=1S/C25H24F3NO4/c1-32-22-15-17(7-12-21(22)33-16-18-5-3-2-4-6-18)13-14-29-24(31)23(30)19-8-10-20(11-9-19)25(26,27)28/h2-12,15,23,30H,13-14,16H2,1H3,(H,29,31). The van der Waals surface area contributed by atoms with Crippen molar-refractivity contribution in [2.24, 2.45) is 0 Å². The highest BCUT2D eigenvalue weighted by Crippen LogP contribution is 2.30. The van der Waals surface area contributed by atoms with Gasteiger partial charge in [0.25, 0.3) is 5.91 Å². The highest BCUT2D eigenvalue weighted by Gasteiger charge is 2.30. The molecule has 33 heavy (non-hydrogen) atoms. The predicted octanol–water partition coefficient (Wildman–Crippen LogP) is 4.69. The zero-order chi connectivity index (χ0) is 23.8. The van der Waals surface area contributed by atoms with E-state index in [1.54, 1.807) is 12.1 Å². The first-order chi connectivity index (χ1) is 15.8. The SMILES string of the molecule is COc1cc(CCNC(=O)C(O)c2ccc(C(F)(F)F)cc2)ccc1OCc1ccccc1. The van der Waals surface area contributed by atoms with Crippen LogP contribution >= 0.6 is 0 Å². The molecule has 0 saturated carbocycles. The van der Waals surface area contributed by atoms with Crippen LogP contribution in [0, 0.1) is 0 Å². The van der Waals surface area contributed by atoms with Crippen LogP contribution in [-0.4, -0.2) is 24.7 Å². The molecule has 0 aliphatic heterocycles. The molecule has 0 bridgehead atoms. The molecule has 0 aliphatic carbocycles. The number of ether oxygens (including phenoxy) is 2. The van der Waals surface area contributed by atoms with Crippen LogP contribution in [0.4, 0.5) is 13.2 Å². The Morgan fingerprint density at radius 3 is 2.30 bits per heavy atom. The first kappa shape index (κ1) is 24.1. The van der Waals surface area contributed by atoms with Gasteiger partial charge in [0.15, 0.2) is 17.6 Å². The molecule has 0 fully saturated rings. The van der Waals surface area contributed by atoms with Crippen molar-refractivity contribution in [1.29, 1.82) is 0 Å². The third kappa shape index (κ3) is 6.73. The average molecular weight is 459 g/mol. The maximum Gasteiger partial charge on any atom is 0.416 e. The van der Waals surface area contributed by atoms with Gasteiger partial charge in [0.2, 0.25) is 0 Å². The highest BCUT2D eigenvalue weighted by atomic mass is 19.4. The van der Waals surface area contributed by atoms with Crippen LogP contribution in [0.1, 0.15) is 28.4 Å². The van der Waals surface area contributed by atoms with E-state index in [-0.39, 0.29) is 12.1 Å². The van der Waals surface area contributed by atoms with Crippen molar-refractivity contribution in [1.82, 2.24) is 5.32 Å². The van der Waals surface area contributed by atoms with E-state index in [9.17, 15) is 23.1 Å². The second-order valence-electron chi connectivity index (χ2n) is 7.32. The minimum atomic E-state index is -4.48. The molecule has 3 aromatic carbocycles. The van der Waals surface area contributed by atoms with Crippen molar-refractivity contribution >= 4 is 5.91 Å². The Balaban J connectivity index is 1.52. The van der Waals surface area contributed by atoms with Crippen molar-refractivity contribution in [3.05, 3.63) is 95.1 Å². The molecule has 3 aromatic rings. The van der Waals surface area contributed by atoms with E-state index in [0.29, 0.717) is 24.5 Å². The Morgan fingerprint density at radius 1 is 0.970 bits per heavy atom. The van der Waals surface area contributed by atoms with E-state index in [4.69, 9.17) is 9.47 Å². The fourth-order valence-corrected chi connectivity index (χ4v) is 3.15. The van der Waals surface area contributed by atoms with Crippen LogP contribution in [0.2, 0.25) is 0 Å². The van der Waals surface area contributed by atoms with Gasteiger partial charge in [-0.15, -0.1) is 0 Å². The number of alkyl halides is 3. The molecular formula is C25H24F3NO4. The number of aliphatic hydroxyl groups excluding tert-OH is 1. The maximum absolute atomic E-state index is 12.6. The zero-order valence-corrected chi connectivity index (χ0v) is 17.9. The van der Waals surface area contributed by atoms with Crippen LogP contribution in [-0.2, 0) is 24.0 Å². The molecule has 0 radical (unpaired) electrons. The third-order valence-electron chi connectivity index (χ3n) is 4.98. The number of aliphatic hydroxyl groups is 1. The zero-order valence-electron chi connectivity index (χ0n) is 17.9. The molecule has 1 amide bonds. The van der Waals surface area contributed by atoms with Gasteiger partial charge < -0.3 is 19.9 Å². The molecule has 1 unspecified atom stereocenters. The van der Waals surface area contributed by atoms with Gasteiger partial charge in [0, 0.05) is 6.54 Å². The van der Waals surface area contributed by atoms with Gasteiger partial charge in [-0.3, -0.25) is 4.79 Å². The van der Waals surface area contributed by atoms with Crippen LogP contribution in [0.5, 0.6) is 11.5 Å². The average Bonchev–Trinajstić information content (AvgIpc) is 2.82. The van der Waals surface area contributed by atoms with Crippen molar-refractivity contribution in [3.8, 4) is 11.5 Å². The molecule has 2 N–H and O–H groups in total. The van der Waals surface area contributed by atoms with Gasteiger partial charge >= 0.3 is 6.18 Å². The Morgan fingerprint density at radius 2 is 1.67 bits per heavy atom. The number of carbonyl (C=O) groups excluding carboxylic acids is 1. The van der Waals surface area contributed by atoms with Crippen molar-refractivity contribution in [2.45, 2.75) is 25.3 Å². The van der Waals surface area contributed by atoms with Gasteiger partial charge in [-0.05, 0) is 47.4 Å². The van der Waals surface area contributed by atoms with Gasteiger partial charge in [0.05, 0.1) is 12.7 Å². The number of benzene rings is 3. The molecule has 174 valence electrons. The number of carbonyl (C=O) groups is 1. The van der Waals surface area contributed by atoms with E-state index in [1.807, 2.05) is 36.4 Å². The monoisotopic (exact) mass is 459 g/mol. The van der Waals surface area contributed by atoms with E-state index in [2.05, 4.69) is 5.32 Å². The second-order valence-corrected chi connectivity index (χ2v) is 7.32. The van der Waals surface area contributed by atoms with Crippen LogP contribution in [0.25, 0.3) is 0 Å². The normalized spacial score (nSPS) is 12.2. The topological polar surface area (TPSA) is 67.8 Å². The molecular weight excluding hydrogens is 435 g/mol. The Hall–Kier alpha value is -3.52. The minimum absolute atomic E-state index is 0.0853. The molecule has 0 heterocycles. The summed E-state index contributed by atoms with van der Waals surface area (Å²) in [7, 11) is 1.54. The first-order valence-corrected chi connectivity index (χ1v) is 10.2. The summed E-state index contributed by atoms with van der Waals surface area (Å²) >= 11 is 0. The number of amides is 1. The predicted molar refractivity (Wildman–Crippen MR) is 117 cm³/mol. The summed E-state index contributed by atoms with van der Waals surface area (Å²) in [6.45, 7) is 0.623. The lowest BCUT2D eigenvalue weighted by atomic mass is 10.1. The largest absolute Gasteiger partial charge is 0.493 e. The lowest BCUT2D eigenvalue weighted by molar-refractivity contribution is -0.137. The summed E-state index contributed by atoms with van der Waals surface area (Å²) in [5, 5.41) is 12.7. The lowest BCUT2D eigenvalue weighted by Gasteiger charge is -2.14. The molecule has 1 atom stereocenters. The smallest absolute Gasteiger partial charge is 0.416 e. The maximum atomic E-state index is 12.6. The van der Waals surface area contributed by atoms with E-state index < -0.39 is 23.8 Å². The molecule has 8 heteroatoms. The summed E-state index contributed by atoms with van der Waals surface area (Å²) in [6, 6.07) is 19.0. The number of rotatable bonds is 9. The van der Waals surface area contributed by atoms with Crippen LogP contribution < -0.4 is 14.8 Å². The molecule has 3 rings (SSSR count). The van der Waals surface area contributed by atoms with Gasteiger partial charge in [-0.2, -0.15) is 13.2 Å². The third-order valence-corrected chi connectivity index (χ3v) is 4.98. The highest BCUT2D eigenvalue weighted by molar-refractivity contribution is 5.81. The van der Waals surface area contributed by atoms with E-state index in [1.165, 1.54) is 7.11 Å². The Kier molecular flexibility index (Phi) is 7.95. The number of nitrogens with one attached hydrogen (secondary N) is 1. The fourth-order valence-electron chi connectivity index (χ4n) is 3.15. The van der Waals surface area contributed by atoms with Crippen LogP contribution in [0.15, 0.2) is 72.8 Å². The molecule has 0 aromatic heterocycles. The fraction of sp³-hybridized carbons (Fsp3) is 0.240. The van der Waals surface area contributed by atoms with Gasteiger partial charge in [-0.1, -0.05) is 48.5 Å². The van der Waals surface area contributed by atoms with E-state index in [0.717, 1.165) is 35.4 Å². The van der Waals surface area contributed by atoms with Crippen molar-refractivity contribution in [2.75, 3.05) is 13.7 Å². The van der Waals surface area contributed by atoms with Gasteiger partial charge in [0.1, 0.15) is 6.61 Å². The van der Waals surface area contributed by atoms with Crippen LogP contribution in [0.3, 0.4) is 0 Å². The van der Waals surface area contributed by atoms with Crippen molar-refractivity contribution in [3.63, 3.8) is 0 Å². The molecule has 0 saturated heterocycles. The second kappa shape index (κ2) is 10.9.